The van der Waals surface area contributed by atoms with Gasteiger partial charge in [0.25, 0.3) is 0 Å². The molecule has 6 nitrogen and oxygen atoms in total. The van der Waals surface area contributed by atoms with E-state index in [0.29, 0.717) is 13.1 Å². The fourth-order valence-electron chi connectivity index (χ4n) is 0. The number of carboxylic acids is 2. The summed E-state index contributed by atoms with van der Waals surface area (Å²) in [5.41, 5.74) is 9.81. The van der Waals surface area contributed by atoms with Crippen LogP contribution in [-0.4, -0.2) is 25.0 Å². The topological polar surface area (TPSA) is 132 Å². The second kappa shape index (κ2) is 12.3. The molecule has 0 amide bonds. The molecule has 0 bridgehead atoms. The van der Waals surface area contributed by atoms with Crippen LogP contribution in [0.3, 0.4) is 0 Å². The zero-order valence-electron chi connectivity index (χ0n) is 5.50. The Bertz CT molecular complexity index is 105. The molecule has 69 valence electrons. The van der Waals surface area contributed by atoms with E-state index in [0.717, 1.165) is 0 Å². The van der Waals surface area contributed by atoms with Crippen LogP contribution >= 0.6 is 0 Å². The Labute approximate surface area is 79.1 Å². The maximum atomic E-state index is 8.93. The van der Waals surface area contributed by atoms with Crippen LogP contribution in [0.25, 0.3) is 0 Å². The van der Waals surface area contributed by atoms with Gasteiger partial charge in [-0.15, -0.1) is 0 Å². The van der Waals surface area contributed by atoms with Crippen molar-refractivity contribution in [3.63, 3.8) is 0 Å². The third-order valence-electron chi connectivity index (χ3n) is 0.333. The third-order valence-corrected chi connectivity index (χ3v) is 0.333. The Kier molecular flexibility index (Phi) is 18.9. The summed E-state index contributed by atoms with van der Waals surface area (Å²) >= 11 is 0. The van der Waals surface area contributed by atoms with Crippen LogP contribution in [-0.2, 0) is 32.0 Å². The number of carbonyl (C=O) groups is 2. The van der Waals surface area contributed by atoms with Gasteiger partial charge in [-0.05, 0) is 0 Å². The molecule has 0 aromatic heterocycles. The van der Waals surface area contributed by atoms with E-state index in [4.69, 9.17) is 31.3 Å². The molecule has 4 N–H and O–H groups in total. The molecule has 0 aromatic rings. The molecule has 0 saturated heterocycles. The van der Waals surface area contributed by atoms with Crippen LogP contribution in [0.2, 0.25) is 0 Å². The van der Waals surface area contributed by atoms with Crippen molar-refractivity contribution in [3.05, 3.63) is 0 Å². The Morgan fingerprint density at radius 1 is 1.00 bits per heavy atom. The van der Waals surface area contributed by atoms with Gasteiger partial charge < -0.3 is 31.3 Å². The van der Waals surface area contributed by atoms with E-state index < -0.39 is 11.9 Å². The minimum Gasteiger partial charge on any atom is -0.543 e. The number of hydrogen-bond acceptors (Lipinski definition) is 6. The molecule has 0 aromatic carbocycles. The summed E-state index contributed by atoms with van der Waals surface area (Å²) in [6.45, 7) is 1.19. The van der Waals surface area contributed by atoms with Gasteiger partial charge >= 0.3 is 22.4 Å². The molecule has 0 rings (SSSR count). The van der Waals surface area contributed by atoms with Crippen LogP contribution in [0.4, 0.5) is 0 Å². The van der Waals surface area contributed by atoms with Crippen molar-refractivity contribution in [2.75, 3.05) is 13.1 Å². The predicted octanol–water partition coefficient (Wildman–Crippen LogP) is -4.61. The molecular formula is C4H8AgN2O4. The van der Waals surface area contributed by atoms with Crippen molar-refractivity contribution in [2.24, 2.45) is 11.5 Å². The zero-order chi connectivity index (χ0) is 8.57. The first-order chi connectivity index (χ1) is 4.56. The molecule has 1 radical (unpaired) electrons. The van der Waals surface area contributed by atoms with Crippen LogP contribution in [0.1, 0.15) is 0 Å². The number of rotatable bonds is 1. The Balaban J connectivity index is -0.000000114. The molecular weight excluding hydrogens is 248 g/mol. The Morgan fingerprint density at radius 3 is 1.18 bits per heavy atom. The smallest absolute Gasteiger partial charge is 0.543 e. The fourth-order valence-corrected chi connectivity index (χ4v) is 0. The summed E-state index contributed by atoms with van der Waals surface area (Å²) in [5.74, 6) is -4.37. The van der Waals surface area contributed by atoms with E-state index in [9.17, 15) is 0 Å². The monoisotopic (exact) mass is 255 g/mol. The van der Waals surface area contributed by atoms with E-state index in [1.807, 2.05) is 0 Å². The van der Waals surface area contributed by atoms with Gasteiger partial charge in [0, 0.05) is 13.1 Å². The van der Waals surface area contributed by atoms with Crippen molar-refractivity contribution < 1.29 is 42.2 Å². The number of carbonyl (C=O) groups excluding carboxylic acids is 2. The molecule has 0 unspecified atom stereocenters. The summed E-state index contributed by atoms with van der Waals surface area (Å²) in [6, 6.07) is 0. The van der Waals surface area contributed by atoms with Crippen molar-refractivity contribution >= 4 is 11.9 Å². The van der Waals surface area contributed by atoms with Crippen molar-refractivity contribution in [1.29, 1.82) is 0 Å². The molecule has 0 spiro atoms. The number of hydrogen-bond donors (Lipinski definition) is 2. The van der Waals surface area contributed by atoms with Gasteiger partial charge in [-0.25, -0.2) is 0 Å². The first-order valence-corrected chi connectivity index (χ1v) is 2.38. The molecule has 0 aliphatic heterocycles. The summed E-state index contributed by atoms with van der Waals surface area (Å²) in [7, 11) is 0. The van der Waals surface area contributed by atoms with Gasteiger partial charge in [-0.2, -0.15) is 0 Å². The van der Waals surface area contributed by atoms with Gasteiger partial charge in [0.1, 0.15) is 0 Å². The van der Waals surface area contributed by atoms with E-state index in [1.165, 1.54) is 0 Å². The standard InChI is InChI=1S/C2H8N2.C2H2O4.Ag/c3-1-2-4;3-1(4)2(5)6;/h1-4H2;(H,3,4)(H,5,6);/q;;+2/p-2. The average molecular weight is 256 g/mol. The molecule has 7 heteroatoms. The zero-order valence-corrected chi connectivity index (χ0v) is 6.99. The summed E-state index contributed by atoms with van der Waals surface area (Å²) in [5, 5.41) is 17.9. The maximum Gasteiger partial charge on any atom is 2.00 e. The quantitative estimate of drug-likeness (QED) is 0.358. The Morgan fingerprint density at radius 2 is 1.18 bits per heavy atom. The van der Waals surface area contributed by atoms with Gasteiger partial charge in [-0.3, -0.25) is 0 Å². The molecule has 11 heavy (non-hydrogen) atoms. The molecule has 0 heterocycles. The van der Waals surface area contributed by atoms with Crippen LogP contribution in [0.15, 0.2) is 0 Å². The number of nitrogens with two attached hydrogens (primary N) is 2. The van der Waals surface area contributed by atoms with E-state index >= 15 is 0 Å². The first-order valence-electron chi connectivity index (χ1n) is 2.38. The summed E-state index contributed by atoms with van der Waals surface area (Å²) in [6.07, 6.45) is 0. The van der Waals surface area contributed by atoms with Gasteiger partial charge in [-0.1, -0.05) is 0 Å². The normalized spacial score (nSPS) is 6.73. The number of aliphatic carboxylic acids is 2. The van der Waals surface area contributed by atoms with Crippen molar-refractivity contribution in [3.8, 4) is 0 Å². The van der Waals surface area contributed by atoms with Crippen LogP contribution in [0.5, 0.6) is 0 Å². The van der Waals surface area contributed by atoms with Crippen LogP contribution in [0, 0.1) is 0 Å². The van der Waals surface area contributed by atoms with Gasteiger partial charge in [0.15, 0.2) is 0 Å². The SMILES string of the molecule is NCCN.O=C([O-])C(=O)[O-].[Ag+2]. The second-order valence-electron chi connectivity index (χ2n) is 1.15. The molecule has 0 aliphatic carbocycles. The average Bonchev–Trinajstić information content (AvgIpc) is 1.89. The summed E-state index contributed by atoms with van der Waals surface area (Å²) < 4.78 is 0. The first kappa shape index (κ1) is 16.9. The minimum atomic E-state index is -2.19. The van der Waals surface area contributed by atoms with E-state index in [2.05, 4.69) is 0 Å². The molecule has 0 saturated carbocycles. The molecule has 0 atom stereocenters. The van der Waals surface area contributed by atoms with Crippen LogP contribution < -0.4 is 21.7 Å². The van der Waals surface area contributed by atoms with Gasteiger partial charge in [0.2, 0.25) is 0 Å². The molecule has 0 fully saturated rings. The molecule has 0 aliphatic rings. The summed E-state index contributed by atoms with van der Waals surface area (Å²) in [4.78, 5) is 17.9. The number of carboxylic acid groups (broad SMARTS) is 2. The second-order valence-corrected chi connectivity index (χ2v) is 1.15. The van der Waals surface area contributed by atoms with E-state index in [-0.39, 0.29) is 22.4 Å². The third kappa shape index (κ3) is 26.2. The van der Waals surface area contributed by atoms with E-state index in [1.54, 1.807) is 0 Å². The van der Waals surface area contributed by atoms with Gasteiger partial charge in [0.05, 0.1) is 11.9 Å². The van der Waals surface area contributed by atoms with Crippen molar-refractivity contribution in [1.82, 2.24) is 0 Å². The Hall–Kier alpha value is -0.400. The van der Waals surface area contributed by atoms with Crippen molar-refractivity contribution in [2.45, 2.75) is 0 Å². The largest absolute Gasteiger partial charge is 2.00 e. The predicted molar refractivity (Wildman–Crippen MR) is 28.1 cm³/mol. The minimum absolute atomic E-state index is 0. The maximum absolute atomic E-state index is 8.93. The fraction of sp³-hybridized carbons (Fsp3) is 0.500.